The van der Waals surface area contributed by atoms with Crippen LogP contribution in [0.2, 0.25) is 0 Å². The second-order valence-electron chi connectivity index (χ2n) is 8.09. The molecule has 1 fully saturated rings. The van der Waals surface area contributed by atoms with Crippen LogP contribution in [0.1, 0.15) is 28.8 Å². The molecule has 0 bridgehead atoms. The fourth-order valence-electron chi connectivity index (χ4n) is 3.88. The van der Waals surface area contributed by atoms with Gasteiger partial charge in [-0.15, -0.1) is 0 Å². The van der Waals surface area contributed by atoms with Crippen molar-refractivity contribution < 1.29 is 27.8 Å². The number of rotatable bonds is 8. The SMILES string of the molecule is CN(Cc1ccc(OC(F)F)cc1)C(=O)COC(=O)c1cc2ccccc2nc1N1CCCC1. The highest BCUT2D eigenvalue weighted by molar-refractivity contribution is 6.00. The number of likely N-dealkylation sites (N-methyl/N-ethyl adjacent to an activating group) is 1. The van der Waals surface area contributed by atoms with Crippen molar-refractivity contribution in [2.75, 3.05) is 31.6 Å². The van der Waals surface area contributed by atoms with E-state index in [2.05, 4.69) is 9.64 Å². The number of hydrogen-bond donors (Lipinski definition) is 0. The molecule has 0 saturated carbocycles. The third kappa shape index (κ3) is 5.59. The second kappa shape index (κ2) is 10.5. The molecule has 4 rings (SSSR count). The molecule has 178 valence electrons. The van der Waals surface area contributed by atoms with Crippen LogP contribution in [0.15, 0.2) is 54.6 Å². The molecule has 1 aliphatic rings. The van der Waals surface area contributed by atoms with Crippen molar-refractivity contribution in [1.29, 1.82) is 0 Å². The van der Waals surface area contributed by atoms with E-state index in [9.17, 15) is 18.4 Å². The lowest BCUT2D eigenvalue weighted by Gasteiger charge is -2.21. The lowest BCUT2D eigenvalue weighted by molar-refractivity contribution is -0.133. The second-order valence-corrected chi connectivity index (χ2v) is 8.09. The molecule has 3 aromatic rings. The molecule has 0 unspecified atom stereocenters. The fraction of sp³-hybridized carbons (Fsp3) is 0.320. The summed E-state index contributed by atoms with van der Waals surface area (Å²) in [6.45, 7) is -1.47. The number of carbonyl (C=O) groups is 2. The van der Waals surface area contributed by atoms with Crippen LogP contribution in [0.3, 0.4) is 0 Å². The van der Waals surface area contributed by atoms with E-state index < -0.39 is 25.1 Å². The maximum absolute atomic E-state index is 12.9. The highest BCUT2D eigenvalue weighted by Crippen LogP contribution is 2.27. The van der Waals surface area contributed by atoms with E-state index in [1.54, 1.807) is 25.2 Å². The Hall–Kier alpha value is -3.75. The molecule has 2 aromatic carbocycles. The van der Waals surface area contributed by atoms with Gasteiger partial charge in [0.05, 0.1) is 5.52 Å². The number of fused-ring (bicyclic) bond motifs is 1. The van der Waals surface area contributed by atoms with Crippen molar-refractivity contribution in [3.05, 3.63) is 65.7 Å². The standard InChI is InChI=1S/C25H25F2N3O4/c1-29(15-17-8-10-19(11-9-17)34-25(26)27)22(31)16-33-24(32)20-14-18-6-2-3-7-21(18)28-23(20)30-12-4-5-13-30/h2-3,6-11,14,25H,4-5,12-13,15-16H2,1H3. The van der Waals surface area contributed by atoms with Gasteiger partial charge in [0, 0.05) is 32.1 Å². The number of nitrogens with zero attached hydrogens (tertiary/aromatic N) is 3. The van der Waals surface area contributed by atoms with E-state index in [4.69, 9.17) is 9.72 Å². The molecular weight excluding hydrogens is 444 g/mol. The number of benzene rings is 2. The summed E-state index contributed by atoms with van der Waals surface area (Å²) in [6, 6.07) is 15.3. The Bertz CT molecular complexity index is 1160. The summed E-state index contributed by atoms with van der Waals surface area (Å²) in [5.74, 6) is -0.374. The highest BCUT2D eigenvalue weighted by Gasteiger charge is 2.24. The molecule has 0 atom stereocenters. The average Bonchev–Trinajstić information content (AvgIpc) is 3.37. The zero-order valence-electron chi connectivity index (χ0n) is 18.7. The minimum atomic E-state index is -2.89. The summed E-state index contributed by atoms with van der Waals surface area (Å²) in [6.07, 6.45) is 2.06. The van der Waals surface area contributed by atoms with E-state index in [1.165, 1.54) is 17.0 Å². The molecule has 9 heteroatoms. The first-order chi connectivity index (χ1) is 16.4. The Morgan fingerprint density at radius 1 is 1.09 bits per heavy atom. The van der Waals surface area contributed by atoms with Gasteiger partial charge in [0.2, 0.25) is 0 Å². The number of aromatic nitrogens is 1. The molecule has 7 nitrogen and oxygen atoms in total. The Morgan fingerprint density at radius 2 is 1.79 bits per heavy atom. The number of amides is 1. The number of halogens is 2. The van der Waals surface area contributed by atoms with Gasteiger partial charge in [-0.05, 0) is 42.7 Å². The van der Waals surface area contributed by atoms with Gasteiger partial charge < -0.3 is 19.3 Å². The van der Waals surface area contributed by atoms with Gasteiger partial charge in [-0.3, -0.25) is 4.79 Å². The van der Waals surface area contributed by atoms with Crippen LogP contribution in [0.4, 0.5) is 14.6 Å². The summed E-state index contributed by atoms with van der Waals surface area (Å²) in [7, 11) is 1.58. The number of alkyl halides is 2. The predicted molar refractivity (Wildman–Crippen MR) is 123 cm³/mol. The minimum Gasteiger partial charge on any atom is -0.452 e. The van der Waals surface area contributed by atoms with Crippen LogP contribution in [-0.2, 0) is 16.1 Å². The van der Waals surface area contributed by atoms with Crippen LogP contribution in [-0.4, -0.2) is 55.1 Å². The van der Waals surface area contributed by atoms with Gasteiger partial charge in [-0.25, -0.2) is 9.78 Å². The highest BCUT2D eigenvalue weighted by atomic mass is 19.3. The molecule has 0 radical (unpaired) electrons. The third-order valence-electron chi connectivity index (χ3n) is 5.65. The first-order valence-electron chi connectivity index (χ1n) is 11.0. The molecule has 1 amide bonds. The average molecular weight is 469 g/mol. The maximum atomic E-state index is 12.9. The quantitative estimate of drug-likeness (QED) is 0.460. The first-order valence-corrected chi connectivity index (χ1v) is 11.0. The maximum Gasteiger partial charge on any atom is 0.387 e. The molecular formula is C25H25F2N3O4. The molecule has 1 aliphatic heterocycles. The number of hydrogen-bond acceptors (Lipinski definition) is 6. The Balaban J connectivity index is 1.40. The molecule has 0 aliphatic carbocycles. The number of anilines is 1. The number of ether oxygens (including phenoxy) is 2. The smallest absolute Gasteiger partial charge is 0.387 e. The zero-order valence-corrected chi connectivity index (χ0v) is 18.7. The van der Waals surface area contributed by atoms with Crippen molar-refractivity contribution >= 4 is 28.6 Å². The van der Waals surface area contributed by atoms with Crippen molar-refractivity contribution in [2.45, 2.75) is 26.0 Å². The predicted octanol–water partition coefficient (Wildman–Crippen LogP) is 4.25. The summed E-state index contributed by atoms with van der Waals surface area (Å²) >= 11 is 0. The summed E-state index contributed by atoms with van der Waals surface area (Å²) < 4.78 is 34.2. The van der Waals surface area contributed by atoms with Gasteiger partial charge >= 0.3 is 12.6 Å². The van der Waals surface area contributed by atoms with Crippen molar-refractivity contribution in [3.8, 4) is 5.75 Å². The molecule has 0 spiro atoms. The monoisotopic (exact) mass is 469 g/mol. The Morgan fingerprint density at radius 3 is 2.50 bits per heavy atom. The van der Waals surface area contributed by atoms with Crippen molar-refractivity contribution in [2.24, 2.45) is 0 Å². The Kier molecular flexibility index (Phi) is 7.20. The van der Waals surface area contributed by atoms with Crippen LogP contribution < -0.4 is 9.64 Å². The van der Waals surface area contributed by atoms with Crippen molar-refractivity contribution in [1.82, 2.24) is 9.88 Å². The topological polar surface area (TPSA) is 72.0 Å². The van der Waals surface area contributed by atoms with Crippen LogP contribution in [0.5, 0.6) is 5.75 Å². The van der Waals surface area contributed by atoms with Crippen LogP contribution >= 0.6 is 0 Å². The number of para-hydroxylation sites is 1. The van der Waals surface area contributed by atoms with Gasteiger partial charge in [0.15, 0.2) is 6.61 Å². The Labute approximate surface area is 195 Å². The van der Waals surface area contributed by atoms with Gasteiger partial charge in [0.25, 0.3) is 5.91 Å². The number of esters is 1. The fourth-order valence-corrected chi connectivity index (χ4v) is 3.88. The van der Waals surface area contributed by atoms with Gasteiger partial charge in [-0.2, -0.15) is 8.78 Å². The van der Waals surface area contributed by atoms with E-state index in [0.29, 0.717) is 11.4 Å². The molecule has 0 N–H and O–H groups in total. The van der Waals surface area contributed by atoms with Gasteiger partial charge in [-0.1, -0.05) is 30.3 Å². The third-order valence-corrected chi connectivity index (χ3v) is 5.65. The molecule has 1 aromatic heterocycles. The summed E-state index contributed by atoms with van der Waals surface area (Å²) in [5.41, 5.74) is 1.85. The lowest BCUT2D eigenvalue weighted by Crippen LogP contribution is -2.31. The van der Waals surface area contributed by atoms with E-state index >= 15 is 0 Å². The molecule has 2 heterocycles. The summed E-state index contributed by atoms with van der Waals surface area (Å²) in [5, 5.41) is 0.820. The number of pyridine rings is 1. The summed E-state index contributed by atoms with van der Waals surface area (Å²) in [4.78, 5) is 33.7. The van der Waals surface area contributed by atoms with E-state index in [1.807, 2.05) is 24.3 Å². The normalized spacial score (nSPS) is 13.4. The van der Waals surface area contributed by atoms with E-state index in [-0.39, 0.29) is 12.3 Å². The zero-order chi connectivity index (χ0) is 24.1. The van der Waals surface area contributed by atoms with Crippen molar-refractivity contribution in [3.63, 3.8) is 0 Å². The molecule has 34 heavy (non-hydrogen) atoms. The minimum absolute atomic E-state index is 0.0412. The first kappa shape index (κ1) is 23.4. The van der Waals surface area contributed by atoms with Gasteiger partial charge in [0.1, 0.15) is 17.1 Å². The van der Waals surface area contributed by atoms with Crippen LogP contribution in [0.25, 0.3) is 10.9 Å². The lowest BCUT2D eigenvalue weighted by atomic mass is 10.1. The molecule has 1 saturated heterocycles. The van der Waals surface area contributed by atoms with E-state index in [0.717, 1.165) is 42.4 Å². The number of carbonyl (C=O) groups excluding carboxylic acids is 2. The largest absolute Gasteiger partial charge is 0.452 e. The van der Waals surface area contributed by atoms with Crippen LogP contribution in [0, 0.1) is 0 Å².